The summed E-state index contributed by atoms with van der Waals surface area (Å²) in [6, 6.07) is 4.38. The summed E-state index contributed by atoms with van der Waals surface area (Å²) in [7, 11) is 4.18. The second kappa shape index (κ2) is 5.65. The molecule has 0 spiro atoms. The zero-order valence-electron chi connectivity index (χ0n) is 8.12. The van der Waals surface area contributed by atoms with Crippen LogP contribution in [0.25, 0.3) is 0 Å². The number of thiophene rings is 1. The fourth-order valence-electron chi connectivity index (χ4n) is 0.992. The smallest absolute Gasteiger partial charge is 0.0602 e. The van der Waals surface area contributed by atoms with Gasteiger partial charge in [0.05, 0.1) is 4.21 Å². The third kappa shape index (κ3) is 4.13. The zero-order valence-corrected chi connectivity index (χ0v) is 9.75. The van der Waals surface area contributed by atoms with Gasteiger partial charge in [-0.1, -0.05) is 0 Å². The van der Waals surface area contributed by atoms with E-state index in [0.29, 0.717) is 0 Å². The van der Waals surface area contributed by atoms with Crippen LogP contribution >= 0.6 is 23.1 Å². The molecule has 2 nitrogen and oxygen atoms in total. The molecule has 0 fully saturated rings. The largest absolute Gasteiger partial charge is 0.330 e. The molecular formula is C9H16N2S2. The normalized spacial score (nSPS) is 11.1. The Balaban J connectivity index is 2.44. The van der Waals surface area contributed by atoms with Crippen LogP contribution in [0.2, 0.25) is 0 Å². The molecule has 74 valence electrons. The number of nitrogens with zero attached hydrogens (tertiary/aromatic N) is 1. The Hall–Kier alpha value is -0.0300. The Bertz CT molecular complexity index is 246. The van der Waals surface area contributed by atoms with E-state index in [4.69, 9.17) is 5.73 Å². The third-order valence-electron chi connectivity index (χ3n) is 1.47. The Labute approximate surface area is 88.1 Å². The van der Waals surface area contributed by atoms with Crippen molar-refractivity contribution in [3.05, 3.63) is 17.0 Å². The molecule has 1 rings (SSSR count). The Kier molecular flexibility index (Phi) is 4.80. The molecule has 0 aliphatic heterocycles. The molecule has 1 heterocycles. The molecule has 2 N–H and O–H groups in total. The molecule has 0 aliphatic rings. The van der Waals surface area contributed by atoms with Crippen molar-refractivity contribution in [3.63, 3.8) is 0 Å². The van der Waals surface area contributed by atoms with Crippen LogP contribution in [0.5, 0.6) is 0 Å². The molecule has 0 aliphatic carbocycles. The topological polar surface area (TPSA) is 29.3 Å². The summed E-state index contributed by atoms with van der Waals surface area (Å²) in [5.74, 6) is 1.02. The maximum absolute atomic E-state index is 5.44. The first-order valence-electron chi connectivity index (χ1n) is 4.28. The van der Waals surface area contributed by atoms with Gasteiger partial charge in [0.25, 0.3) is 0 Å². The first-order valence-corrected chi connectivity index (χ1v) is 6.09. The SMILES string of the molecule is CN(C)Cc1ccc(SCCN)s1. The highest BCUT2D eigenvalue weighted by atomic mass is 32.2. The van der Waals surface area contributed by atoms with Gasteiger partial charge in [-0.2, -0.15) is 0 Å². The predicted octanol–water partition coefficient (Wildman–Crippen LogP) is 1.86. The summed E-state index contributed by atoms with van der Waals surface area (Å²) in [6.07, 6.45) is 0. The van der Waals surface area contributed by atoms with Crippen molar-refractivity contribution in [2.45, 2.75) is 10.8 Å². The number of nitrogens with two attached hydrogens (primary N) is 1. The molecule has 0 unspecified atom stereocenters. The summed E-state index contributed by atoms with van der Waals surface area (Å²) < 4.78 is 1.38. The van der Waals surface area contributed by atoms with Crippen molar-refractivity contribution in [2.75, 3.05) is 26.4 Å². The van der Waals surface area contributed by atoms with Gasteiger partial charge in [0.1, 0.15) is 0 Å². The summed E-state index contributed by atoms with van der Waals surface area (Å²) >= 11 is 3.71. The lowest BCUT2D eigenvalue weighted by atomic mass is 10.4. The van der Waals surface area contributed by atoms with Gasteiger partial charge in [-0.25, -0.2) is 0 Å². The number of rotatable bonds is 5. The van der Waals surface area contributed by atoms with E-state index < -0.39 is 0 Å². The average molecular weight is 216 g/mol. The third-order valence-corrected chi connectivity index (χ3v) is 3.80. The van der Waals surface area contributed by atoms with Crippen molar-refractivity contribution >= 4 is 23.1 Å². The Morgan fingerprint density at radius 2 is 2.23 bits per heavy atom. The van der Waals surface area contributed by atoms with Gasteiger partial charge in [-0.05, 0) is 26.2 Å². The summed E-state index contributed by atoms with van der Waals surface area (Å²) in [4.78, 5) is 3.60. The molecule has 0 saturated heterocycles. The van der Waals surface area contributed by atoms with Crippen molar-refractivity contribution in [2.24, 2.45) is 5.73 Å². The quantitative estimate of drug-likeness (QED) is 0.762. The minimum absolute atomic E-state index is 0.756. The van der Waals surface area contributed by atoms with E-state index in [1.807, 2.05) is 23.1 Å². The highest BCUT2D eigenvalue weighted by Crippen LogP contribution is 2.27. The molecule has 13 heavy (non-hydrogen) atoms. The van der Waals surface area contributed by atoms with E-state index in [2.05, 4.69) is 31.1 Å². The van der Waals surface area contributed by atoms with Crippen LogP contribution in [0.3, 0.4) is 0 Å². The lowest BCUT2D eigenvalue weighted by Gasteiger charge is -2.05. The second-order valence-corrected chi connectivity index (χ2v) is 5.66. The second-order valence-electron chi connectivity index (χ2n) is 3.10. The summed E-state index contributed by atoms with van der Waals surface area (Å²) in [5.41, 5.74) is 5.44. The molecule has 0 bridgehead atoms. The van der Waals surface area contributed by atoms with E-state index in [-0.39, 0.29) is 0 Å². The molecule has 0 amide bonds. The van der Waals surface area contributed by atoms with Crippen molar-refractivity contribution in [1.29, 1.82) is 0 Å². The van der Waals surface area contributed by atoms with Crippen LogP contribution in [0.15, 0.2) is 16.3 Å². The van der Waals surface area contributed by atoms with Gasteiger partial charge < -0.3 is 10.6 Å². The number of hydrogen-bond donors (Lipinski definition) is 1. The molecule has 0 atom stereocenters. The molecular weight excluding hydrogens is 200 g/mol. The monoisotopic (exact) mass is 216 g/mol. The van der Waals surface area contributed by atoms with E-state index in [9.17, 15) is 0 Å². The van der Waals surface area contributed by atoms with Crippen LogP contribution in [-0.2, 0) is 6.54 Å². The van der Waals surface area contributed by atoms with Gasteiger partial charge in [0.15, 0.2) is 0 Å². The van der Waals surface area contributed by atoms with Crippen LogP contribution < -0.4 is 5.73 Å². The molecule has 0 radical (unpaired) electrons. The van der Waals surface area contributed by atoms with Gasteiger partial charge >= 0.3 is 0 Å². The number of thioether (sulfide) groups is 1. The highest BCUT2D eigenvalue weighted by molar-refractivity contribution is 8.01. The maximum atomic E-state index is 5.44. The van der Waals surface area contributed by atoms with Gasteiger partial charge in [0.2, 0.25) is 0 Å². The van der Waals surface area contributed by atoms with Crippen LogP contribution in [0, 0.1) is 0 Å². The lowest BCUT2D eigenvalue weighted by Crippen LogP contribution is -2.09. The highest BCUT2D eigenvalue weighted by Gasteiger charge is 2.00. The first-order chi connectivity index (χ1) is 6.22. The predicted molar refractivity (Wildman–Crippen MR) is 61.5 cm³/mol. The molecule has 0 aromatic carbocycles. The van der Waals surface area contributed by atoms with Crippen LogP contribution in [0.4, 0.5) is 0 Å². The number of hydrogen-bond acceptors (Lipinski definition) is 4. The van der Waals surface area contributed by atoms with Crippen LogP contribution in [0.1, 0.15) is 4.88 Å². The van der Waals surface area contributed by atoms with Gasteiger partial charge in [-0.3, -0.25) is 0 Å². The first kappa shape index (κ1) is 11.0. The van der Waals surface area contributed by atoms with E-state index in [1.165, 1.54) is 9.09 Å². The van der Waals surface area contributed by atoms with Crippen molar-refractivity contribution < 1.29 is 0 Å². The maximum Gasteiger partial charge on any atom is 0.0602 e. The fourth-order valence-corrected chi connectivity index (χ4v) is 3.14. The van der Waals surface area contributed by atoms with Gasteiger partial charge in [0, 0.05) is 23.7 Å². The minimum Gasteiger partial charge on any atom is -0.330 e. The molecule has 0 saturated carbocycles. The van der Waals surface area contributed by atoms with Crippen molar-refractivity contribution in [3.8, 4) is 0 Å². The molecule has 1 aromatic heterocycles. The average Bonchev–Trinajstić information content (AvgIpc) is 2.48. The van der Waals surface area contributed by atoms with Crippen LogP contribution in [-0.4, -0.2) is 31.3 Å². The molecule has 4 heteroatoms. The minimum atomic E-state index is 0.756. The lowest BCUT2D eigenvalue weighted by molar-refractivity contribution is 0.406. The molecule has 1 aromatic rings. The van der Waals surface area contributed by atoms with E-state index in [1.54, 1.807) is 0 Å². The van der Waals surface area contributed by atoms with Crippen molar-refractivity contribution in [1.82, 2.24) is 4.90 Å². The van der Waals surface area contributed by atoms with E-state index in [0.717, 1.165) is 18.8 Å². The fraction of sp³-hybridized carbons (Fsp3) is 0.556. The summed E-state index contributed by atoms with van der Waals surface area (Å²) in [5, 5.41) is 0. The summed E-state index contributed by atoms with van der Waals surface area (Å²) in [6.45, 7) is 1.79. The van der Waals surface area contributed by atoms with Gasteiger partial charge in [-0.15, -0.1) is 23.1 Å². The standard InChI is InChI=1S/C9H16N2S2/c1-11(2)7-8-3-4-9(13-8)12-6-5-10/h3-4H,5-7,10H2,1-2H3. The zero-order chi connectivity index (χ0) is 9.68. The Morgan fingerprint density at radius 1 is 1.46 bits per heavy atom. The van der Waals surface area contributed by atoms with E-state index >= 15 is 0 Å². The Morgan fingerprint density at radius 3 is 2.85 bits per heavy atom.